The van der Waals surface area contributed by atoms with Crippen LogP contribution < -0.4 is 0 Å². The van der Waals surface area contributed by atoms with Gasteiger partial charge >= 0.3 is 0 Å². The highest BCUT2D eigenvalue weighted by molar-refractivity contribution is 9.11. The molecular weight excluding hydrogens is 244 g/mol. The lowest BCUT2D eigenvalue weighted by molar-refractivity contribution is -0.0390. The Bertz CT molecular complexity index is 393. The van der Waals surface area contributed by atoms with Gasteiger partial charge in [0.05, 0.1) is 18.3 Å². The van der Waals surface area contributed by atoms with Crippen molar-refractivity contribution in [1.82, 2.24) is 0 Å². The summed E-state index contributed by atoms with van der Waals surface area (Å²) in [5.74, 6) is 2.91. The van der Waals surface area contributed by atoms with Crippen molar-refractivity contribution in [3.63, 3.8) is 0 Å². The predicted octanol–water partition coefficient (Wildman–Crippen LogP) is 1.29. The molecule has 6 unspecified atom stereocenters. The molecule has 6 aliphatic rings. The summed E-state index contributed by atoms with van der Waals surface area (Å²) in [4.78, 5) is 0. The maximum absolute atomic E-state index is 10.2. The standard InChI is InChI=1S/C11H11BrO2/c12-5-2-6(13)11-4-1-3-7(11)10(5)14-9(3)8(4)11/h2-4,6-10,13H,1H2/t3?,4?,6-,7?,8?,9?,10+,11?/m1/s1. The highest BCUT2D eigenvalue weighted by Crippen LogP contribution is 2.88. The van der Waals surface area contributed by atoms with Crippen molar-refractivity contribution < 1.29 is 9.84 Å². The maximum Gasteiger partial charge on any atom is 0.0929 e. The number of rotatable bonds is 0. The molecule has 0 amide bonds. The van der Waals surface area contributed by atoms with Crippen molar-refractivity contribution in [3.8, 4) is 0 Å². The van der Waals surface area contributed by atoms with Gasteiger partial charge in [0.25, 0.3) is 0 Å². The molecule has 5 aliphatic carbocycles. The van der Waals surface area contributed by atoms with E-state index in [1.54, 1.807) is 0 Å². The second-order valence-corrected chi connectivity index (χ2v) is 6.49. The quantitative estimate of drug-likeness (QED) is 0.706. The maximum atomic E-state index is 10.2. The van der Waals surface area contributed by atoms with Crippen LogP contribution in [-0.2, 0) is 4.74 Å². The molecule has 74 valence electrons. The highest BCUT2D eigenvalue weighted by atomic mass is 79.9. The fourth-order valence-corrected chi connectivity index (χ4v) is 6.09. The van der Waals surface area contributed by atoms with Crippen LogP contribution in [0.25, 0.3) is 0 Å². The first kappa shape index (κ1) is 7.42. The minimum absolute atomic E-state index is 0.202. The third-order valence-electron chi connectivity index (χ3n) is 5.62. The summed E-state index contributed by atoms with van der Waals surface area (Å²) in [6.07, 6.45) is 3.88. The number of halogens is 1. The molecule has 0 aromatic heterocycles. The van der Waals surface area contributed by atoms with Crippen LogP contribution in [0.5, 0.6) is 0 Å². The van der Waals surface area contributed by atoms with E-state index in [1.165, 1.54) is 6.42 Å². The zero-order valence-electron chi connectivity index (χ0n) is 7.56. The van der Waals surface area contributed by atoms with Crippen molar-refractivity contribution in [3.05, 3.63) is 10.6 Å². The normalized spacial score (nSPS) is 75.3. The third kappa shape index (κ3) is 0.446. The Balaban J connectivity index is 1.82. The van der Waals surface area contributed by atoms with E-state index >= 15 is 0 Å². The first-order valence-corrected chi connectivity index (χ1v) is 6.26. The van der Waals surface area contributed by atoms with E-state index in [0.717, 1.165) is 16.3 Å². The molecule has 1 N–H and O–H groups in total. The monoisotopic (exact) mass is 254 g/mol. The molecule has 14 heavy (non-hydrogen) atoms. The van der Waals surface area contributed by atoms with Gasteiger partial charge in [-0.3, -0.25) is 0 Å². The molecule has 1 heterocycles. The molecule has 0 radical (unpaired) electrons. The zero-order chi connectivity index (χ0) is 9.24. The van der Waals surface area contributed by atoms with Crippen molar-refractivity contribution in [1.29, 1.82) is 0 Å². The molecule has 1 aliphatic heterocycles. The van der Waals surface area contributed by atoms with E-state index < -0.39 is 0 Å². The SMILES string of the molecule is O[C@@H]1C=C(Br)[C@@H]2OC3C4CC5C3C51C42. The lowest BCUT2D eigenvalue weighted by Gasteiger charge is -2.36. The van der Waals surface area contributed by atoms with Gasteiger partial charge in [-0.2, -0.15) is 0 Å². The number of hydrogen-bond acceptors (Lipinski definition) is 2. The summed E-state index contributed by atoms with van der Waals surface area (Å²) >= 11 is 3.55. The Labute approximate surface area is 90.4 Å². The van der Waals surface area contributed by atoms with Gasteiger partial charge in [-0.1, -0.05) is 15.9 Å². The Morgan fingerprint density at radius 1 is 1.50 bits per heavy atom. The molecule has 8 atom stereocenters. The number of aliphatic hydroxyl groups is 1. The van der Waals surface area contributed by atoms with Crippen LogP contribution in [0.3, 0.4) is 0 Å². The molecule has 2 nitrogen and oxygen atoms in total. The number of hydrogen-bond donors (Lipinski definition) is 1. The first-order chi connectivity index (χ1) is 6.76. The average molecular weight is 255 g/mol. The summed E-state index contributed by atoms with van der Waals surface area (Å²) in [7, 11) is 0. The van der Waals surface area contributed by atoms with Crippen molar-refractivity contribution >= 4 is 15.9 Å². The van der Waals surface area contributed by atoms with Gasteiger partial charge in [0.15, 0.2) is 0 Å². The summed E-state index contributed by atoms with van der Waals surface area (Å²) in [5.41, 5.74) is 0.273. The molecule has 0 aromatic carbocycles. The Morgan fingerprint density at radius 2 is 2.36 bits per heavy atom. The van der Waals surface area contributed by atoms with E-state index in [4.69, 9.17) is 4.74 Å². The molecule has 1 spiro atoms. The van der Waals surface area contributed by atoms with Crippen LogP contribution in [0.2, 0.25) is 0 Å². The van der Waals surface area contributed by atoms with E-state index in [9.17, 15) is 5.11 Å². The summed E-state index contributed by atoms with van der Waals surface area (Å²) in [5, 5.41) is 10.2. The third-order valence-corrected chi connectivity index (χ3v) is 6.33. The molecule has 1 saturated heterocycles. The second kappa shape index (κ2) is 1.76. The van der Waals surface area contributed by atoms with E-state index in [2.05, 4.69) is 15.9 Å². The molecule has 0 aromatic rings. The molecule has 6 bridgehead atoms. The van der Waals surface area contributed by atoms with Gasteiger partial charge in [-0.05, 0) is 30.3 Å². The molecule has 4 saturated carbocycles. The molecule has 6 rings (SSSR count). The van der Waals surface area contributed by atoms with Crippen LogP contribution in [0, 0.1) is 29.1 Å². The van der Waals surface area contributed by atoms with Crippen LogP contribution in [-0.4, -0.2) is 23.4 Å². The molecule has 5 fully saturated rings. The molecule has 3 heteroatoms. The van der Waals surface area contributed by atoms with Crippen LogP contribution in [0.4, 0.5) is 0 Å². The van der Waals surface area contributed by atoms with Crippen LogP contribution in [0.1, 0.15) is 6.42 Å². The van der Waals surface area contributed by atoms with Gasteiger partial charge in [0, 0.05) is 15.8 Å². The lowest BCUT2D eigenvalue weighted by atomic mass is 9.77. The van der Waals surface area contributed by atoms with Gasteiger partial charge in [-0.25, -0.2) is 0 Å². The molecular formula is C11H11BrO2. The van der Waals surface area contributed by atoms with Gasteiger partial charge in [-0.15, -0.1) is 0 Å². The lowest BCUT2D eigenvalue weighted by Crippen LogP contribution is -2.41. The highest BCUT2D eigenvalue weighted by Gasteiger charge is 2.90. The van der Waals surface area contributed by atoms with Gasteiger partial charge in [0.2, 0.25) is 0 Å². The summed E-state index contributed by atoms with van der Waals surface area (Å²) < 4.78 is 7.16. The van der Waals surface area contributed by atoms with Crippen molar-refractivity contribution in [2.45, 2.75) is 24.7 Å². The Morgan fingerprint density at radius 3 is 3.14 bits per heavy atom. The number of aliphatic hydroxyl groups excluding tert-OH is 1. The first-order valence-electron chi connectivity index (χ1n) is 5.47. The van der Waals surface area contributed by atoms with Gasteiger partial charge < -0.3 is 9.84 Å². The van der Waals surface area contributed by atoms with Crippen LogP contribution >= 0.6 is 15.9 Å². The minimum Gasteiger partial charge on any atom is -0.388 e. The fraction of sp³-hybridized carbons (Fsp3) is 0.818. The fourth-order valence-electron chi connectivity index (χ4n) is 5.45. The largest absolute Gasteiger partial charge is 0.388 e. The van der Waals surface area contributed by atoms with E-state index in [-0.39, 0.29) is 17.6 Å². The predicted molar refractivity (Wildman–Crippen MR) is 52.7 cm³/mol. The van der Waals surface area contributed by atoms with Crippen LogP contribution in [0.15, 0.2) is 10.6 Å². The number of ether oxygens (including phenoxy) is 1. The Kier molecular flexibility index (Phi) is 0.934. The Hall–Kier alpha value is 0.140. The smallest absolute Gasteiger partial charge is 0.0929 e. The van der Waals surface area contributed by atoms with E-state index in [1.807, 2.05) is 6.08 Å². The zero-order valence-corrected chi connectivity index (χ0v) is 9.15. The second-order valence-electron chi connectivity index (χ2n) is 5.58. The summed E-state index contributed by atoms with van der Waals surface area (Å²) in [6, 6.07) is 0. The topological polar surface area (TPSA) is 29.5 Å². The van der Waals surface area contributed by atoms with Gasteiger partial charge in [0.1, 0.15) is 0 Å². The summed E-state index contributed by atoms with van der Waals surface area (Å²) in [6.45, 7) is 0. The minimum atomic E-state index is -0.202. The van der Waals surface area contributed by atoms with E-state index in [0.29, 0.717) is 17.9 Å². The van der Waals surface area contributed by atoms with Crippen molar-refractivity contribution in [2.24, 2.45) is 29.1 Å². The van der Waals surface area contributed by atoms with Crippen molar-refractivity contribution in [2.75, 3.05) is 0 Å². The average Bonchev–Trinajstić information content (AvgIpc) is 2.60.